The van der Waals surface area contributed by atoms with Gasteiger partial charge in [0, 0.05) is 43.0 Å². The molecule has 7 nitrogen and oxygen atoms in total. The molecular formula is C19H35IN4O3S2. The number of hydrogen-bond acceptors (Lipinski definition) is 6. The summed E-state index contributed by atoms with van der Waals surface area (Å²) in [4.78, 5) is 9.29. The normalized spacial score (nSPS) is 17.5. The molecule has 2 N–H and O–H groups in total. The first kappa shape index (κ1) is 26.6. The summed E-state index contributed by atoms with van der Waals surface area (Å²) in [6, 6.07) is 4.57. The molecule has 1 aromatic rings. The van der Waals surface area contributed by atoms with Crippen molar-refractivity contribution in [2.24, 2.45) is 4.99 Å². The van der Waals surface area contributed by atoms with Crippen molar-refractivity contribution in [2.45, 2.75) is 38.5 Å². The van der Waals surface area contributed by atoms with Crippen LogP contribution in [0.1, 0.15) is 36.6 Å². The molecule has 168 valence electrons. The topological polar surface area (TPSA) is 83.0 Å². The van der Waals surface area contributed by atoms with Gasteiger partial charge in [-0.05, 0) is 39.8 Å². The van der Waals surface area contributed by atoms with Crippen molar-refractivity contribution in [3.63, 3.8) is 0 Å². The molecule has 1 unspecified atom stereocenters. The van der Waals surface area contributed by atoms with Crippen LogP contribution in [0, 0.1) is 6.92 Å². The van der Waals surface area contributed by atoms with Gasteiger partial charge in [-0.3, -0.25) is 9.89 Å². The lowest BCUT2D eigenvalue weighted by molar-refractivity contribution is 0.0177. The van der Waals surface area contributed by atoms with Crippen molar-refractivity contribution in [2.75, 3.05) is 52.2 Å². The quantitative estimate of drug-likeness (QED) is 0.304. The smallest absolute Gasteiger partial charge is 0.191 e. The summed E-state index contributed by atoms with van der Waals surface area (Å²) < 4.78 is 29.3. The van der Waals surface area contributed by atoms with Gasteiger partial charge in [0.2, 0.25) is 0 Å². The Morgan fingerprint density at radius 1 is 1.28 bits per heavy atom. The molecule has 1 aromatic heterocycles. The zero-order chi connectivity index (χ0) is 20.8. The fraction of sp³-hybridized carbons (Fsp3) is 0.737. The Morgan fingerprint density at radius 2 is 1.93 bits per heavy atom. The summed E-state index contributed by atoms with van der Waals surface area (Å²) in [5.74, 6) is 0.699. The molecule has 2 rings (SSSR count). The largest absolute Gasteiger partial charge is 0.379 e. The third kappa shape index (κ3) is 7.97. The SMILES string of the molecule is CN=C(NCCS(=O)(=O)C(C)(C)C)NCC(c1ccc(C)s1)N1CCOCC1.I. The van der Waals surface area contributed by atoms with Gasteiger partial charge in [0.25, 0.3) is 0 Å². The maximum Gasteiger partial charge on any atom is 0.191 e. The summed E-state index contributed by atoms with van der Waals surface area (Å²) in [6.45, 7) is 11.6. The van der Waals surface area contributed by atoms with Crippen LogP contribution >= 0.6 is 35.3 Å². The molecule has 0 radical (unpaired) electrons. The van der Waals surface area contributed by atoms with E-state index in [2.05, 4.69) is 39.6 Å². The second-order valence-corrected chi connectivity index (χ2v) is 12.1. The number of rotatable bonds is 7. The molecule has 2 heterocycles. The number of nitrogens with one attached hydrogen (secondary N) is 2. The zero-order valence-electron chi connectivity index (χ0n) is 18.0. The van der Waals surface area contributed by atoms with E-state index in [0.717, 1.165) is 26.3 Å². The number of sulfone groups is 1. The molecule has 0 saturated carbocycles. The first-order valence-electron chi connectivity index (χ1n) is 9.69. The molecule has 29 heavy (non-hydrogen) atoms. The maximum atomic E-state index is 12.3. The first-order chi connectivity index (χ1) is 13.1. The Balaban J connectivity index is 0.00000420. The number of hydrogen-bond donors (Lipinski definition) is 2. The second-order valence-electron chi connectivity index (χ2n) is 7.92. The van der Waals surface area contributed by atoms with Crippen LogP contribution < -0.4 is 10.6 Å². The van der Waals surface area contributed by atoms with Crippen molar-refractivity contribution in [3.8, 4) is 0 Å². The monoisotopic (exact) mass is 558 g/mol. The van der Waals surface area contributed by atoms with Gasteiger partial charge in [0.05, 0.1) is 29.8 Å². The van der Waals surface area contributed by atoms with Crippen LogP contribution in [0.15, 0.2) is 17.1 Å². The summed E-state index contributed by atoms with van der Waals surface area (Å²) in [5, 5.41) is 6.50. The van der Waals surface area contributed by atoms with E-state index in [1.54, 1.807) is 27.8 Å². The zero-order valence-corrected chi connectivity index (χ0v) is 22.0. The van der Waals surface area contributed by atoms with E-state index in [-0.39, 0.29) is 35.8 Å². The Labute approximate surface area is 196 Å². The van der Waals surface area contributed by atoms with Gasteiger partial charge in [-0.25, -0.2) is 8.42 Å². The van der Waals surface area contributed by atoms with Gasteiger partial charge in [-0.1, -0.05) is 0 Å². The number of aryl methyl sites for hydroxylation is 1. The Hall–Kier alpha value is -0.430. The van der Waals surface area contributed by atoms with Crippen LogP contribution in [-0.4, -0.2) is 76.2 Å². The summed E-state index contributed by atoms with van der Waals surface area (Å²) in [6.07, 6.45) is 0. The molecular weight excluding hydrogens is 523 g/mol. The predicted molar refractivity (Wildman–Crippen MR) is 133 cm³/mol. The summed E-state index contributed by atoms with van der Waals surface area (Å²) in [7, 11) is -1.45. The van der Waals surface area contributed by atoms with E-state index in [1.807, 2.05) is 11.3 Å². The summed E-state index contributed by atoms with van der Waals surface area (Å²) >= 11 is 1.81. The van der Waals surface area contributed by atoms with Crippen LogP contribution in [0.4, 0.5) is 0 Å². The highest BCUT2D eigenvalue weighted by atomic mass is 127. The number of ether oxygens (including phenoxy) is 1. The van der Waals surface area contributed by atoms with Gasteiger partial charge in [0.1, 0.15) is 0 Å². The van der Waals surface area contributed by atoms with Gasteiger partial charge in [-0.15, -0.1) is 35.3 Å². The van der Waals surface area contributed by atoms with Gasteiger partial charge in [0.15, 0.2) is 15.8 Å². The van der Waals surface area contributed by atoms with Crippen LogP contribution in [0.25, 0.3) is 0 Å². The molecule has 0 amide bonds. The molecule has 0 bridgehead atoms. The molecule has 1 aliphatic rings. The second kappa shape index (κ2) is 11.8. The highest BCUT2D eigenvalue weighted by Gasteiger charge is 2.28. The molecule has 0 aromatic carbocycles. The Morgan fingerprint density at radius 3 is 2.45 bits per heavy atom. The molecule has 1 saturated heterocycles. The van der Waals surface area contributed by atoms with Crippen LogP contribution in [0.3, 0.4) is 0 Å². The number of aliphatic imine (C=N–C) groups is 1. The molecule has 0 aliphatic carbocycles. The van der Waals surface area contributed by atoms with Crippen molar-refractivity contribution < 1.29 is 13.2 Å². The lowest BCUT2D eigenvalue weighted by Crippen LogP contribution is -2.47. The number of guanidine groups is 1. The minimum atomic E-state index is -3.16. The average molecular weight is 559 g/mol. The summed E-state index contributed by atoms with van der Waals surface area (Å²) in [5.41, 5.74) is 0. The Bertz CT molecular complexity index is 754. The van der Waals surface area contributed by atoms with Crippen LogP contribution in [0.5, 0.6) is 0 Å². The fourth-order valence-electron chi connectivity index (χ4n) is 2.96. The fourth-order valence-corrected chi connectivity index (χ4v) is 4.95. The number of halogens is 1. The minimum Gasteiger partial charge on any atom is -0.379 e. The highest BCUT2D eigenvalue weighted by molar-refractivity contribution is 14.0. The van der Waals surface area contributed by atoms with Gasteiger partial charge in [-0.2, -0.15) is 0 Å². The van der Waals surface area contributed by atoms with E-state index in [0.29, 0.717) is 19.0 Å². The van der Waals surface area contributed by atoms with E-state index in [9.17, 15) is 8.42 Å². The molecule has 1 aliphatic heterocycles. The number of thiophene rings is 1. The molecule has 1 fully saturated rings. The predicted octanol–water partition coefficient (Wildman–Crippen LogP) is 2.43. The van der Waals surface area contributed by atoms with Crippen LogP contribution in [0.2, 0.25) is 0 Å². The molecule has 0 spiro atoms. The van der Waals surface area contributed by atoms with Crippen molar-refractivity contribution in [1.82, 2.24) is 15.5 Å². The van der Waals surface area contributed by atoms with Crippen molar-refractivity contribution >= 4 is 51.1 Å². The minimum absolute atomic E-state index is 0. The van der Waals surface area contributed by atoms with Crippen LogP contribution in [-0.2, 0) is 14.6 Å². The van der Waals surface area contributed by atoms with E-state index < -0.39 is 14.6 Å². The number of morpholine rings is 1. The lowest BCUT2D eigenvalue weighted by Gasteiger charge is -2.34. The third-order valence-corrected chi connectivity index (χ3v) is 8.57. The Kier molecular flexibility index (Phi) is 10.8. The van der Waals surface area contributed by atoms with E-state index in [4.69, 9.17) is 4.74 Å². The average Bonchev–Trinajstić information content (AvgIpc) is 3.06. The number of nitrogens with zero attached hydrogens (tertiary/aromatic N) is 2. The highest BCUT2D eigenvalue weighted by Crippen LogP contribution is 2.27. The standard InChI is InChI=1S/C19H34N4O3S2.HI/c1-15-6-7-17(27-15)16(23-9-11-26-12-10-23)14-22-18(20-5)21-8-13-28(24,25)19(2,3)4;/h6-7,16H,8-14H2,1-5H3,(H2,20,21,22);1H. The van der Waals surface area contributed by atoms with E-state index >= 15 is 0 Å². The van der Waals surface area contributed by atoms with E-state index in [1.165, 1.54) is 9.75 Å². The van der Waals surface area contributed by atoms with Crippen molar-refractivity contribution in [3.05, 3.63) is 21.9 Å². The third-order valence-electron chi connectivity index (χ3n) is 4.86. The molecule has 10 heteroatoms. The first-order valence-corrected chi connectivity index (χ1v) is 12.2. The molecule has 1 atom stereocenters. The van der Waals surface area contributed by atoms with Crippen molar-refractivity contribution in [1.29, 1.82) is 0 Å². The lowest BCUT2D eigenvalue weighted by atomic mass is 10.2. The maximum absolute atomic E-state index is 12.3. The van der Waals surface area contributed by atoms with Gasteiger partial charge >= 0.3 is 0 Å². The van der Waals surface area contributed by atoms with Gasteiger partial charge < -0.3 is 15.4 Å².